The van der Waals surface area contributed by atoms with E-state index < -0.39 is 22.0 Å². The fourth-order valence-electron chi connectivity index (χ4n) is 1.05. The maximum atomic E-state index is 11.5. The summed E-state index contributed by atoms with van der Waals surface area (Å²) in [5.41, 5.74) is 0.962. The lowest BCUT2D eigenvalue weighted by molar-refractivity contribution is -0.153. The second kappa shape index (κ2) is 7.67. The Morgan fingerprint density at radius 3 is 2.44 bits per heavy atom. The van der Waals surface area contributed by atoms with Gasteiger partial charge in [-0.25, -0.2) is 4.79 Å². The molecule has 1 unspecified atom stereocenters. The van der Waals surface area contributed by atoms with Crippen LogP contribution in [0.5, 0.6) is 0 Å². The molecule has 1 atom stereocenters. The Bertz CT molecular complexity index is 409. The van der Waals surface area contributed by atoms with Crippen LogP contribution in [0.3, 0.4) is 0 Å². The van der Waals surface area contributed by atoms with Gasteiger partial charge < -0.3 is 4.74 Å². The second-order valence-electron chi connectivity index (χ2n) is 3.51. The van der Waals surface area contributed by atoms with Crippen molar-refractivity contribution in [3.63, 3.8) is 0 Å². The largest absolute Gasteiger partial charge is 0.453 e. The fraction of sp³-hybridized carbons (Fsp3) is 0.333. The van der Waals surface area contributed by atoms with Crippen LogP contribution >= 0.6 is 35.0 Å². The zero-order chi connectivity index (χ0) is 13.5. The summed E-state index contributed by atoms with van der Waals surface area (Å²) in [6.45, 7) is 1.53. The highest BCUT2D eigenvalue weighted by atomic mass is 35.5. The maximum absolute atomic E-state index is 11.5. The van der Waals surface area contributed by atoms with Crippen LogP contribution in [0.4, 0.5) is 0 Å². The summed E-state index contributed by atoms with van der Waals surface area (Å²) in [6.07, 6.45) is -0.706. The van der Waals surface area contributed by atoms with Crippen molar-refractivity contribution in [3.8, 4) is 0 Å². The molecule has 6 heteroatoms. The summed E-state index contributed by atoms with van der Waals surface area (Å²) in [7, 11) is 0. The van der Waals surface area contributed by atoms with Crippen LogP contribution in [0.25, 0.3) is 0 Å². The Morgan fingerprint density at radius 1 is 1.28 bits per heavy atom. The SMILES string of the molecule is CC(OC(=O)C(=O)SCc1ccccc1)C(Cl)Cl. The van der Waals surface area contributed by atoms with Crippen LogP contribution in [0, 0.1) is 0 Å². The quantitative estimate of drug-likeness (QED) is 0.487. The lowest BCUT2D eigenvalue weighted by atomic mass is 10.2. The van der Waals surface area contributed by atoms with Gasteiger partial charge in [0, 0.05) is 5.75 Å². The topological polar surface area (TPSA) is 43.4 Å². The molecule has 0 heterocycles. The van der Waals surface area contributed by atoms with E-state index >= 15 is 0 Å². The molecule has 0 fully saturated rings. The van der Waals surface area contributed by atoms with Crippen molar-refractivity contribution in [1.82, 2.24) is 0 Å². The number of rotatable bonds is 4. The van der Waals surface area contributed by atoms with E-state index in [9.17, 15) is 9.59 Å². The van der Waals surface area contributed by atoms with E-state index in [0.717, 1.165) is 17.3 Å². The molecule has 1 aromatic carbocycles. The van der Waals surface area contributed by atoms with Crippen molar-refractivity contribution in [1.29, 1.82) is 0 Å². The smallest absolute Gasteiger partial charge is 0.386 e. The van der Waals surface area contributed by atoms with Crippen LogP contribution in [-0.2, 0) is 20.1 Å². The van der Waals surface area contributed by atoms with E-state index in [2.05, 4.69) is 0 Å². The van der Waals surface area contributed by atoms with Gasteiger partial charge >= 0.3 is 5.97 Å². The maximum Gasteiger partial charge on any atom is 0.386 e. The molecule has 0 aliphatic heterocycles. The summed E-state index contributed by atoms with van der Waals surface area (Å²) in [5.74, 6) is -0.497. The zero-order valence-corrected chi connectivity index (χ0v) is 12.0. The van der Waals surface area contributed by atoms with Gasteiger partial charge in [0.2, 0.25) is 0 Å². The van der Waals surface area contributed by atoms with Gasteiger partial charge in [-0.05, 0) is 12.5 Å². The van der Waals surface area contributed by atoms with Gasteiger partial charge in [0.15, 0.2) is 0 Å². The molecule has 18 heavy (non-hydrogen) atoms. The third kappa shape index (κ3) is 5.29. The van der Waals surface area contributed by atoms with Crippen LogP contribution in [0.2, 0.25) is 0 Å². The first kappa shape index (κ1) is 15.3. The minimum Gasteiger partial charge on any atom is -0.453 e. The van der Waals surface area contributed by atoms with Crippen molar-refractivity contribution in [2.24, 2.45) is 0 Å². The third-order valence-electron chi connectivity index (χ3n) is 2.03. The number of benzene rings is 1. The predicted octanol–water partition coefficient (Wildman–Crippen LogP) is 3.18. The molecule has 0 aliphatic rings. The zero-order valence-electron chi connectivity index (χ0n) is 9.64. The number of hydrogen-bond acceptors (Lipinski definition) is 4. The highest BCUT2D eigenvalue weighted by Gasteiger charge is 2.22. The summed E-state index contributed by atoms with van der Waals surface area (Å²) in [5, 5.41) is -0.653. The predicted molar refractivity (Wildman–Crippen MR) is 73.8 cm³/mol. The van der Waals surface area contributed by atoms with E-state index in [4.69, 9.17) is 27.9 Å². The number of hydrogen-bond donors (Lipinski definition) is 0. The van der Waals surface area contributed by atoms with Gasteiger partial charge in [-0.2, -0.15) is 0 Å². The summed E-state index contributed by atoms with van der Waals surface area (Å²) in [6, 6.07) is 9.37. The highest BCUT2D eigenvalue weighted by Crippen LogP contribution is 2.16. The van der Waals surface area contributed by atoms with Gasteiger partial charge in [0.1, 0.15) is 10.9 Å². The van der Waals surface area contributed by atoms with Crippen molar-refractivity contribution >= 4 is 46.0 Å². The number of thioether (sulfide) groups is 1. The molecule has 0 radical (unpaired) electrons. The molecule has 0 spiro atoms. The molecule has 0 saturated carbocycles. The first-order valence-corrected chi connectivity index (χ1v) is 7.06. The third-order valence-corrected chi connectivity index (χ3v) is 3.64. The summed E-state index contributed by atoms with van der Waals surface area (Å²) >= 11 is 11.9. The molecular formula is C12H12Cl2O3S. The number of esters is 1. The Hall–Kier alpha value is -0.710. The van der Waals surface area contributed by atoms with E-state index in [0.29, 0.717) is 5.75 Å². The lowest BCUT2D eigenvalue weighted by Gasteiger charge is -2.12. The van der Waals surface area contributed by atoms with Gasteiger partial charge in [-0.1, -0.05) is 42.1 Å². The summed E-state index contributed by atoms with van der Waals surface area (Å²) < 4.78 is 4.79. The van der Waals surface area contributed by atoms with E-state index in [1.807, 2.05) is 30.3 Å². The summed E-state index contributed by atoms with van der Waals surface area (Å²) in [4.78, 5) is 22.0. The molecule has 0 aliphatic carbocycles. The Labute approximate surface area is 120 Å². The minimum atomic E-state index is -0.922. The van der Waals surface area contributed by atoms with Crippen LogP contribution < -0.4 is 0 Å². The minimum absolute atomic E-state index is 0.425. The van der Waals surface area contributed by atoms with E-state index in [1.165, 1.54) is 6.92 Å². The highest BCUT2D eigenvalue weighted by molar-refractivity contribution is 8.14. The van der Waals surface area contributed by atoms with Crippen molar-refractivity contribution in [3.05, 3.63) is 35.9 Å². The van der Waals surface area contributed by atoms with Gasteiger partial charge in [0.25, 0.3) is 5.12 Å². The fourth-order valence-corrected chi connectivity index (χ4v) is 1.81. The monoisotopic (exact) mass is 306 g/mol. The second-order valence-corrected chi connectivity index (χ2v) is 5.62. The molecule has 1 aromatic rings. The number of alkyl halides is 2. The van der Waals surface area contributed by atoms with E-state index in [1.54, 1.807) is 0 Å². The first-order valence-electron chi connectivity index (χ1n) is 5.20. The van der Waals surface area contributed by atoms with Crippen LogP contribution in [-0.4, -0.2) is 22.0 Å². The van der Waals surface area contributed by atoms with Crippen molar-refractivity contribution < 1.29 is 14.3 Å². The molecule has 0 saturated heterocycles. The Morgan fingerprint density at radius 2 is 1.89 bits per heavy atom. The van der Waals surface area contributed by atoms with Gasteiger partial charge in [-0.3, -0.25) is 4.79 Å². The molecule has 1 rings (SSSR count). The molecule has 0 N–H and O–H groups in total. The number of carbonyl (C=O) groups excluding carboxylic acids is 2. The van der Waals surface area contributed by atoms with E-state index in [-0.39, 0.29) is 0 Å². The standard InChI is InChI=1S/C12H12Cl2O3S/c1-8(10(13)14)17-11(15)12(16)18-7-9-5-3-2-4-6-9/h2-6,8,10H,7H2,1H3. The molecule has 0 bridgehead atoms. The van der Waals surface area contributed by atoms with Gasteiger partial charge in [-0.15, -0.1) is 23.2 Å². The Balaban J connectivity index is 2.39. The lowest BCUT2D eigenvalue weighted by Crippen LogP contribution is -2.24. The normalized spacial score (nSPS) is 12.2. The number of halogens is 2. The molecular weight excluding hydrogens is 295 g/mol. The molecule has 3 nitrogen and oxygen atoms in total. The Kier molecular flexibility index (Phi) is 6.54. The molecule has 98 valence electrons. The van der Waals surface area contributed by atoms with Crippen LogP contribution in [0.15, 0.2) is 30.3 Å². The number of ether oxygens (including phenoxy) is 1. The molecule has 0 amide bonds. The first-order chi connectivity index (χ1) is 8.50. The average molecular weight is 307 g/mol. The van der Waals surface area contributed by atoms with Crippen LogP contribution in [0.1, 0.15) is 12.5 Å². The van der Waals surface area contributed by atoms with Crippen molar-refractivity contribution in [2.45, 2.75) is 23.6 Å². The average Bonchev–Trinajstić information content (AvgIpc) is 2.36. The van der Waals surface area contributed by atoms with Gasteiger partial charge in [0.05, 0.1) is 0 Å². The molecule has 0 aromatic heterocycles. The van der Waals surface area contributed by atoms with Crippen molar-refractivity contribution in [2.75, 3.05) is 0 Å². The number of carbonyl (C=O) groups is 2.